The van der Waals surface area contributed by atoms with Crippen molar-refractivity contribution in [3.63, 3.8) is 0 Å². The van der Waals surface area contributed by atoms with Gasteiger partial charge in [0, 0.05) is 10.4 Å². The number of thiophene rings is 1. The first-order valence-electron chi connectivity index (χ1n) is 5.98. The quantitative estimate of drug-likeness (QED) is 0.655. The Morgan fingerprint density at radius 2 is 2.12 bits per heavy atom. The number of halogens is 1. The Balaban J connectivity index is 2.37. The van der Waals surface area contributed by atoms with Crippen molar-refractivity contribution < 1.29 is 0 Å². The lowest BCUT2D eigenvalue weighted by Gasteiger charge is -2.42. The van der Waals surface area contributed by atoms with Crippen LogP contribution in [0.3, 0.4) is 0 Å². The van der Waals surface area contributed by atoms with Gasteiger partial charge in [0.05, 0.1) is 11.1 Å². The summed E-state index contributed by atoms with van der Waals surface area (Å²) in [6.45, 7) is 0. The molecule has 1 aliphatic carbocycles. The van der Waals surface area contributed by atoms with Gasteiger partial charge in [-0.25, -0.2) is 0 Å². The first-order chi connectivity index (χ1) is 8.12. The van der Waals surface area contributed by atoms with Crippen LogP contribution in [0.2, 0.25) is 5.02 Å². The number of hydrazine groups is 1. The van der Waals surface area contributed by atoms with Gasteiger partial charge < -0.3 is 4.90 Å². The van der Waals surface area contributed by atoms with Crippen LogP contribution >= 0.6 is 22.9 Å². The fourth-order valence-corrected chi connectivity index (χ4v) is 4.30. The SMILES string of the molecule is CN(C)C1(C(NN)c2sccc2Cl)CCCC1. The molecular weight excluding hydrogens is 254 g/mol. The van der Waals surface area contributed by atoms with Crippen LogP contribution in [0, 0.1) is 0 Å². The molecule has 1 aromatic rings. The van der Waals surface area contributed by atoms with Gasteiger partial charge in [0.2, 0.25) is 0 Å². The maximum Gasteiger partial charge on any atom is 0.0751 e. The molecule has 0 bridgehead atoms. The molecule has 0 aromatic carbocycles. The molecular formula is C12H20ClN3S. The summed E-state index contributed by atoms with van der Waals surface area (Å²) in [6.07, 6.45) is 4.87. The Hall–Kier alpha value is -0.130. The summed E-state index contributed by atoms with van der Waals surface area (Å²) >= 11 is 7.94. The fourth-order valence-electron chi connectivity index (χ4n) is 2.97. The minimum absolute atomic E-state index is 0.100. The number of nitrogens with zero attached hydrogens (tertiary/aromatic N) is 1. The first-order valence-corrected chi connectivity index (χ1v) is 7.24. The third-order valence-electron chi connectivity index (χ3n) is 3.97. The van der Waals surface area contributed by atoms with E-state index in [0.717, 1.165) is 9.90 Å². The van der Waals surface area contributed by atoms with Crippen LogP contribution in [-0.4, -0.2) is 24.5 Å². The van der Waals surface area contributed by atoms with Crippen LogP contribution in [0.1, 0.15) is 36.6 Å². The summed E-state index contributed by atoms with van der Waals surface area (Å²) in [7, 11) is 4.27. The molecule has 1 unspecified atom stereocenters. The van der Waals surface area contributed by atoms with E-state index in [1.807, 2.05) is 11.4 Å². The Kier molecular flexibility index (Phi) is 4.10. The third kappa shape index (κ3) is 2.25. The smallest absolute Gasteiger partial charge is 0.0751 e. The Bertz CT molecular complexity index is 372. The molecule has 1 fully saturated rings. The van der Waals surface area contributed by atoms with Crippen molar-refractivity contribution in [3.8, 4) is 0 Å². The van der Waals surface area contributed by atoms with Gasteiger partial charge in [-0.15, -0.1) is 11.3 Å². The molecule has 3 N–H and O–H groups in total. The summed E-state index contributed by atoms with van der Waals surface area (Å²) in [4.78, 5) is 3.46. The van der Waals surface area contributed by atoms with Gasteiger partial charge in [0.25, 0.3) is 0 Å². The summed E-state index contributed by atoms with van der Waals surface area (Å²) in [5.74, 6) is 5.81. The largest absolute Gasteiger partial charge is 0.302 e. The number of hydrogen-bond donors (Lipinski definition) is 2. The second-order valence-electron chi connectivity index (χ2n) is 4.94. The van der Waals surface area contributed by atoms with E-state index in [1.165, 1.54) is 25.7 Å². The van der Waals surface area contributed by atoms with E-state index in [0.29, 0.717) is 0 Å². The Morgan fingerprint density at radius 1 is 1.47 bits per heavy atom. The van der Waals surface area contributed by atoms with E-state index in [4.69, 9.17) is 17.4 Å². The summed E-state index contributed by atoms with van der Waals surface area (Å²) in [5.41, 5.74) is 3.09. The fraction of sp³-hybridized carbons (Fsp3) is 0.667. The second-order valence-corrected chi connectivity index (χ2v) is 6.29. The number of likely N-dealkylation sites (N-methyl/N-ethyl adjacent to an activating group) is 1. The average Bonchev–Trinajstić information content (AvgIpc) is 2.91. The molecule has 1 saturated carbocycles. The van der Waals surface area contributed by atoms with Crippen molar-refractivity contribution in [2.45, 2.75) is 37.3 Å². The van der Waals surface area contributed by atoms with Crippen LogP contribution in [-0.2, 0) is 0 Å². The molecule has 5 heteroatoms. The van der Waals surface area contributed by atoms with E-state index in [-0.39, 0.29) is 11.6 Å². The van der Waals surface area contributed by atoms with E-state index >= 15 is 0 Å². The van der Waals surface area contributed by atoms with Gasteiger partial charge in [-0.2, -0.15) is 0 Å². The molecule has 1 heterocycles. The second kappa shape index (κ2) is 5.24. The number of nitrogens with one attached hydrogen (secondary N) is 1. The van der Waals surface area contributed by atoms with Gasteiger partial charge in [-0.3, -0.25) is 11.3 Å². The molecule has 0 amide bonds. The number of hydrogen-bond acceptors (Lipinski definition) is 4. The zero-order chi connectivity index (χ0) is 12.5. The lowest BCUT2D eigenvalue weighted by atomic mass is 9.86. The van der Waals surface area contributed by atoms with E-state index < -0.39 is 0 Å². The van der Waals surface area contributed by atoms with Crippen LogP contribution < -0.4 is 11.3 Å². The Morgan fingerprint density at radius 3 is 2.53 bits per heavy atom. The topological polar surface area (TPSA) is 41.3 Å². The molecule has 17 heavy (non-hydrogen) atoms. The highest BCUT2D eigenvalue weighted by atomic mass is 35.5. The maximum atomic E-state index is 6.25. The van der Waals surface area contributed by atoms with Crippen LogP contribution in [0.15, 0.2) is 11.4 Å². The predicted molar refractivity (Wildman–Crippen MR) is 74.3 cm³/mol. The highest BCUT2D eigenvalue weighted by molar-refractivity contribution is 7.10. The third-order valence-corrected chi connectivity index (χ3v) is 5.39. The number of nitrogens with two attached hydrogens (primary N) is 1. The van der Waals surface area contributed by atoms with Gasteiger partial charge >= 0.3 is 0 Å². The van der Waals surface area contributed by atoms with E-state index in [1.54, 1.807) is 11.3 Å². The van der Waals surface area contributed by atoms with Crippen LogP contribution in [0.5, 0.6) is 0 Å². The van der Waals surface area contributed by atoms with Crippen molar-refractivity contribution in [3.05, 3.63) is 21.3 Å². The van der Waals surface area contributed by atoms with Crippen molar-refractivity contribution in [1.82, 2.24) is 10.3 Å². The van der Waals surface area contributed by atoms with Crippen LogP contribution in [0.4, 0.5) is 0 Å². The maximum absolute atomic E-state index is 6.25. The molecule has 0 radical (unpaired) electrons. The number of rotatable bonds is 4. The van der Waals surface area contributed by atoms with Gasteiger partial charge in [-0.05, 0) is 38.4 Å². The molecule has 3 nitrogen and oxygen atoms in total. The normalized spacial score (nSPS) is 21.0. The summed E-state index contributed by atoms with van der Waals surface area (Å²) < 4.78 is 0. The molecule has 1 atom stereocenters. The predicted octanol–water partition coefficient (Wildman–Crippen LogP) is 2.78. The molecule has 0 saturated heterocycles. The zero-order valence-corrected chi connectivity index (χ0v) is 11.9. The highest BCUT2D eigenvalue weighted by Gasteiger charge is 2.44. The first kappa shape index (κ1) is 13.3. The molecule has 1 aliphatic rings. The van der Waals surface area contributed by atoms with Crippen LogP contribution in [0.25, 0.3) is 0 Å². The summed E-state index contributed by atoms with van der Waals surface area (Å²) in [6, 6.07) is 2.07. The average molecular weight is 274 g/mol. The minimum atomic E-state index is 0.100. The highest BCUT2D eigenvalue weighted by Crippen LogP contribution is 2.45. The monoisotopic (exact) mass is 273 g/mol. The molecule has 0 spiro atoms. The van der Waals surface area contributed by atoms with E-state index in [2.05, 4.69) is 24.4 Å². The lowest BCUT2D eigenvalue weighted by molar-refractivity contribution is 0.106. The van der Waals surface area contributed by atoms with Gasteiger partial charge in [-0.1, -0.05) is 24.4 Å². The van der Waals surface area contributed by atoms with Crippen molar-refractivity contribution in [2.24, 2.45) is 5.84 Å². The zero-order valence-electron chi connectivity index (χ0n) is 10.4. The summed E-state index contributed by atoms with van der Waals surface area (Å²) in [5, 5.41) is 2.85. The lowest BCUT2D eigenvalue weighted by Crippen LogP contribution is -2.53. The Labute approximate surface area is 112 Å². The molecule has 0 aliphatic heterocycles. The van der Waals surface area contributed by atoms with Gasteiger partial charge in [0.15, 0.2) is 0 Å². The minimum Gasteiger partial charge on any atom is -0.302 e. The standard InChI is InChI=1S/C12H20ClN3S/c1-16(2)12(6-3-4-7-12)11(15-14)10-9(13)5-8-17-10/h5,8,11,15H,3-4,6-7,14H2,1-2H3. The van der Waals surface area contributed by atoms with Crippen molar-refractivity contribution in [1.29, 1.82) is 0 Å². The molecule has 96 valence electrons. The molecule has 1 aromatic heterocycles. The van der Waals surface area contributed by atoms with E-state index in [9.17, 15) is 0 Å². The van der Waals surface area contributed by atoms with Gasteiger partial charge in [0.1, 0.15) is 0 Å². The van der Waals surface area contributed by atoms with Crippen molar-refractivity contribution in [2.75, 3.05) is 14.1 Å². The molecule has 2 rings (SSSR count). The van der Waals surface area contributed by atoms with Crippen molar-refractivity contribution >= 4 is 22.9 Å².